The molecular formula is C18H23NO4. The minimum absolute atomic E-state index is 0.0118. The smallest absolute Gasteiger partial charge is 0.328 e. The van der Waals surface area contributed by atoms with Gasteiger partial charge >= 0.3 is 5.97 Å². The first-order chi connectivity index (χ1) is 11.1. The highest BCUT2D eigenvalue weighted by Crippen LogP contribution is 2.06. The van der Waals surface area contributed by atoms with Crippen molar-refractivity contribution >= 4 is 17.7 Å². The molecule has 0 saturated heterocycles. The minimum atomic E-state index is -0.752. The minimum Gasteiger partial charge on any atom is -0.467 e. The van der Waals surface area contributed by atoms with E-state index in [0.29, 0.717) is 19.3 Å². The highest BCUT2D eigenvalue weighted by atomic mass is 16.5. The molecule has 1 aromatic carbocycles. The SMILES string of the molecule is C=CCCC(=O)CCC(=O)N[C@@H](Cc1ccccc1)C(=O)OC. The molecular weight excluding hydrogens is 294 g/mol. The molecule has 0 fully saturated rings. The number of esters is 1. The highest BCUT2D eigenvalue weighted by molar-refractivity contribution is 5.88. The van der Waals surface area contributed by atoms with E-state index < -0.39 is 12.0 Å². The summed E-state index contributed by atoms with van der Waals surface area (Å²) < 4.78 is 4.73. The molecule has 1 amide bonds. The maximum Gasteiger partial charge on any atom is 0.328 e. The lowest BCUT2D eigenvalue weighted by atomic mass is 10.1. The molecule has 23 heavy (non-hydrogen) atoms. The lowest BCUT2D eigenvalue weighted by molar-refractivity contribution is -0.145. The van der Waals surface area contributed by atoms with Gasteiger partial charge in [0.1, 0.15) is 11.8 Å². The van der Waals surface area contributed by atoms with E-state index in [0.717, 1.165) is 5.56 Å². The first-order valence-corrected chi connectivity index (χ1v) is 7.60. The van der Waals surface area contributed by atoms with Crippen LogP contribution in [0.3, 0.4) is 0 Å². The van der Waals surface area contributed by atoms with Gasteiger partial charge in [0.15, 0.2) is 0 Å². The summed E-state index contributed by atoms with van der Waals surface area (Å²) in [6, 6.07) is 8.61. The number of carbonyl (C=O) groups excluding carboxylic acids is 3. The maximum atomic E-state index is 12.0. The third-order valence-electron chi connectivity index (χ3n) is 3.36. The number of methoxy groups -OCH3 is 1. The predicted octanol–water partition coefficient (Wildman–Crippen LogP) is 2.20. The van der Waals surface area contributed by atoms with Crippen molar-refractivity contribution in [3.05, 3.63) is 48.6 Å². The molecule has 0 aromatic heterocycles. The Hall–Kier alpha value is -2.43. The molecule has 0 spiro atoms. The van der Waals surface area contributed by atoms with Crippen molar-refractivity contribution in [2.24, 2.45) is 0 Å². The van der Waals surface area contributed by atoms with Crippen LogP contribution in [0.5, 0.6) is 0 Å². The van der Waals surface area contributed by atoms with Gasteiger partial charge in [0.2, 0.25) is 5.91 Å². The van der Waals surface area contributed by atoms with Crippen LogP contribution in [0.25, 0.3) is 0 Å². The molecule has 0 unspecified atom stereocenters. The first-order valence-electron chi connectivity index (χ1n) is 7.60. The van der Waals surface area contributed by atoms with E-state index in [-0.39, 0.29) is 24.5 Å². The van der Waals surface area contributed by atoms with E-state index >= 15 is 0 Å². The monoisotopic (exact) mass is 317 g/mol. The van der Waals surface area contributed by atoms with Gasteiger partial charge in [-0.3, -0.25) is 9.59 Å². The number of nitrogens with one attached hydrogen (secondary N) is 1. The average molecular weight is 317 g/mol. The van der Waals surface area contributed by atoms with E-state index in [2.05, 4.69) is 11.9 Å². The molecule has 5 nitrogen and oxygen atoms in total. The topological polar surface area (TPSA) is 72.5 Å². The van der Waals surface area contributed by atoms with Crippen molar-refractivity contribution in [1.82, 2.24) is 5.32 Å². The van der Waals surface area contributed by atoms with Gasteiger partial charge in [0, 0.05) is 25.7 Å². The number of amides is 1. The fourth-order valence-electron chi connectivity index (χ4n) is 2.09. The highest BCUT2D eigenvalue weighted by Gasteiger charge is 2.22. The molecule has 124 valence electrons. The second kappa shape index (κ2) is 10.3. The van der Waals surface area contributed by atoms with Gasteiger partial charge in [-0.05, 0) is 12.0 Å². The number of hydrogen-bond donors (Lipinski definition) is 1. The summed E-state index contributed by atoms with van der Waals surface area (Å²) in [6.07, 6.45) is 3.26. The van der Waals surface area contributed by atoms with Crippen molar-refractivity contribution in [3.8, 4) is 0 Å². The summed E-state index contributed by atoms with van der Waals surface area (Å²) in [6.45, 7) is 3.55. The number of carbonyl (C=O) groups is 3. The van der Waals surface area contributed by atoms with Crippen LogP contribution in [0.15, 0.2) is 43.0 Å². The van der Waals surface area contributed by atoms with E-state index in [4.69, 9.17) is 4.74 Å². The summed E-state index contributed by atoms with van der Waals surface area (Å²) in [7, 11) is 1.28. The van der Waals surface area contributed by atoms with Crippen molar-refractivity contribution in [1.29, 1.82) is 0 Å². The van der Waals surface area contributed by atoms with Gasteiger partial charge in [0.05, 0.1) is 7.11 Å². The second-order valence-corrected chi connectivity index (χ2v) is 5.20. The van der Waals surface area contributed by atoms with Crippen LogP contribution < -0.4 is 5.32 Å². The van der Waals surface area contributed by atoms with Crippen LogP contribution in [0.1, 0.15) is 31.2 Å². The van der Waals surface area contributed by atoms with Gasteiger partial charge in [-0.25, -0.2) is 4.79 Å². The molecule has 1 N–H and O–H groups in total. The molecule has 0 aliphatic carbocycles. The third-order valence-corrected chi connectivity index (χ3v) is 3.36. The Labute approximate surface area is 136 Å². The zero-order valence-electron chi connectivity index (χ0n) is 13.4. The van der Waals surface area contributed by atoms with Crippen LogP contribution >= 0.6 is 0 Å². The Morgan fingerprint density at radius 3 is 2.48 bits per heavy atom. The molecule has 0 bridgehead atoms. The third kappa shape index (κ3) is 7.40. The number of ketones is 1. The Kier molecular flexibility index (Phi) is 8.36. The number of Topliss-reactive ketones (excluding diaryl/α,β-unsaturated/α-hetero) is 1. The Morgan fingerprint density at radius 2 is 1.87 bits per heavy atom. The van der Waals surface area contributed by atoms with Gasteiger partial charge in [-0.2, -0.15) is 0 Å². The van der Waals surface area contributed by atoms with Crippen LogP contribution in [0, 0.1) is 0 Å². The number of hydrogen-bond acceptors (Lipinski definition) is 4. The van der Waals surface area contributed by atoms with Crippen molar-refractivity contribution in [2.45, 2.75) is 38.1 Å². The van der Waals surface area contributed by atoms with Gasteiger partial charge < -0.3 is 10.1 Å². The largest absolute Gasteiger partial charge is 0.467 e. The molecule has 5 heteroatoms. The van der Waals surface area contributed by atoms with Crippen LogP contribution in [-0.4, -0.2) is 30.8 Å². The molecule has 0 aliphatic heterocycles. The first kappa shape index (κ1) is 18.6. The van der Waals surface area contributed by atoms with E-state index in [1.165, 1.54) is 7.11 Å². The zero-order valence-corrected chi connectivity index (χ0v) is 13.4. The number of allylic oxidation sites excluding steroid dienone is 1. The van der Waals surface area contributed by atoms with Crippen LogP contribution in [0.4, 0.5) is 0 Å². The quantitative estimate of drug-likeness (QED) is 0.530. The summed E-state index contributed by atoms with van der Waals surface area (Å²) in [5, 5.41) is 2.64. The molecule has 0 saturated carbocycles. The number of rotatable bonds is 10. The summed E-state index contributed by atoms with van der Waals surface area (Å²) in [5.41, 5.74) is 0.922. The van der Waals surface area contributed by atoms with Gasteiger partial charge in [-0.1, -0.05) is 36.4 Å². The number of benzene rings is 1. The molecule has 0 aliphatic rings. The summed E-state index contributed by atoms with van der Waals surface area (Å²) in [5.74, 6) is -0.818. The van der Waals surface area contributed by atoms with Gasteiger partial charge in [-0.15, -0.1) is 6.58 Å². The summed E-state index contributed by atoms with van der Waals surface area (Å²) in [4.78, 5) is 35.3. The fourth-order valence-corrected chi connectivity index (χ4v) is 2.09. The van der Waals surface area contributed by atoms with Crippen molar-refractivity contribution in [2.75, 3.05) is 7.11 Å². The summed E-state index contributed by atoms with van der Waals surface area (Å²) >= 11 is 0. The lowest BCUT2D eigenvalue weighted by Crippen LogP contribution is -2.43. The molecule has 1 rings (SSSR count). The predicted molar refractivity (Wildman–Crippen MR) is 87.8 cm³/mol. The standard InChI is InChI=1S/C18H23NO4/c1-3-4-10-15(20)11-12-17(21)19-16(18(22)23-2)13-14-8-6-5-7-9-14/h3,5-9,16H,1,4,10-13H2,2H3,(H,19,21)/t16-/m0/s1. The van der Waals surface area contributed by atoms with E-state index in [9.17, 15) is 14.4 Å². The van der Waals surface area contributed by atoms with Crippen molar-refractivity contribution in [3.63, 3.8) is 0 Å². The molecule has 0 radical (unpaired) electrons. The Morgan fingerprint density at radius 1 is 1.17 bits per heavy atom. The Balaban J connectivity index is 2.53. The Bertz CT molecular complexity index is 539. The zero-order chi connectivity index (χ0) is 17.1. The molecule has 1 aromatic rings. The molecule has 1 atom stereocenters. The average Bonchev–Trinajstić information content (AvgIpc) is 2.57. The van der Waals surface area contributed by atoms with Gasteiger partial charge in [0.25, 0.3) is 0 Å². The maximum absolute atomic E-state index is 12.0. The van der Waals surface area contributed by atoms with Crippen LogP contribution in [0.2, 0.25) is 0 Å². The molecule has 0 heterocycles. The normalized spacial score (nSPS) is 11.3. The van der Waals surface area contributed by atoms with E-state index in [1.807, 2.05) is 30.3 Å². The van der Waals surface area contributed by atoms with E-state index in [1.54, 1.807) is 6.08 Å². The fraction of sp³-hybridized carbons (Fsp3) is 0.389. The second-order valence-electron chi connectivity index (χ2n) is 5.20. The van der Waals surface area contributed by atoms with Crippen molar-refractivity contribution < 1.29 is 19.1 Å². The lowest BCUT2D eigenvalue weighted by Gasteiger charge is -2.16. The number of ether oxygens (including phenoxy) is 1. The van der Waals surface area contributed by atoms with Crippen LogP contribution in [-0.2, 0) is 25.5 Å².